The van der Waals surface area contributed by atoms with Crippen molar-refractivity contribution in [2.75, 3.05) is 20.3 Å². The minimum Gasteiger partial charge on any atom is -0.479 e. The zero-order valence-corrected chi connectivity index (χ0v) is 18.2. The average Bonchev–Trinajstić information content (AvgIpc) is 3.10. The van der Waals surface area contributed by atoms with Gasteiger partial charge in [-0.2, -0.15) is 0 Å². The van der Waals surface area contributed by atoms with Gasteiger partial charge in [0, 0.05) is 25.4 Å². The van der Waals surface area contributed by atoms with Crippen molar-refractivity contribution in [2.24, 2.45) is 0 Å². The summed E-state index contributed by atoms with van der Waals surface area (Å²) >= 11 is 0. The Kier molecular flexibility index (Phi) is 7.83. The molecule has 2 aromatic carbocycles. The number of fused-ring (bicyclic) bond motifs is 3. The van der Waals surface area contributed by atoms with Crippen molar-refractivity contribution in [3.63, 3.8) is 0 Å². The monoisotopic (exact) mass is 440 g/mol. The van der Waals surface area contributed by atoms with Crippen molar-refractivity contribution in [1.29, 1.82) is 0 Å². The summed E-state index contributed by atoms with van der Waals surface area (Å²) in [5.74, 6) is -1.65. The Morgan fingerprint density at radius 1 is 1.06 bits per heavy atom. The topological polar surface area (TPSA) is 105 Å². The quantitative estimate of drug-likeness (QED) is 0.548. The Morgan fingerprint density at radius 2 is 1.66 bits per heavy atom. The predicted octanol–water partition coefficient (Wildman–Crippen LogP) is 3.56. The molecule has 0 radical (unpaired) electrons. The fourth-order valence-electron chi connectivity index (χ4n) is 3.94. The minimum absolute atomic E-state index is 0.0197. The molecule has 32 heavy (non-hydrogen) atoms. The first-order chi connectivity index (χ1) is 15.4. The number of alkyl carbamates (subject to hydrolysis) is 1. The molecular formula is C24H28N2O6. The Morgan fingerprint density at radius 3 is 2.22 bits per heavy atom. The number of carboxylic acids is 1. The summed E-state index contributed by atoms with van der Waals surface area (Å²) < 4.78 is 5.55. The summed E-state index contributed by atoms with van der Waals surface area (Å²) in [6.45, 7) is 1.52. The van der Waals surface area contributed by atoms with Crippen LogP contribution in [0.5, 0.6) is 0 Å². The van der Waals surface area contributed by atoms with Gasteiger partial charge in [0.2, 0.25) is 5.91 Å². The van der Waals surface area contributed by atoms with Crippen LogP contribution in [-0.4, -0.2) is 54.4 Å². The van der Waals surface area contributed by atoms with Gasteiger partial charge in [0.05, 0.1) is 0 Å². The van der Waals surface area contributed by atoms with E-state index in [0.717, 1.165) is 33.7 Å². The lowest BCUT2D eigenvalue weighted by molar-refractivity contribution is -0.186. The molecule has 0 aromatic heterocycles. The van der Waals surface area contributed by atoms with Crippen molar-refractivity contribution in [3.05, 3.63) is 59.7 Å². The number of hydroxylamine groups is 2. The van der Waals surface area contributed by atoms with E-state index in [1.54, 1.807) is 0 Å². The van der Waals surface area contributed by atoms with Crippen molar-refractivity contribution in [3.8, 4) is 11.1 Å². The van der Waals surface area contributed by atoms with Crippen LogP contribution in [0.1, 0.15) is 43.2 Å². The fraction of sp³-hybridized carbons (Fsp3) is 0.375. The molecule has 3 rings (SSSR count). The van der Waals surface area contributed by atoms with E-state index >= 15 is 0 Å². The number of rotatable bonds is 10. The first-order valence-electron chi connectivity index (χ1n) is 10.6. The van der Waals surface area contributed by atoms with Gasteiger partial charge in [-0.05, 0) is 28.7 Å². The maximum absolute atomic E-state index is 12.5. The summed E-state index contributed by atoms with van der Waals surface area (Å²) in [4.78, 5) is 40.3. The van der Waals surface area contributed by atoms with E-state index in [2.05, 4.69) is 17.4 Å². The Hall–Kier alpha value is -3.39. The summed E-state index contributed by atoms with van der Waals surface area (Å²) in [6.07, 6.45) is 0.713. The molecule has 2 N–H and O–H groups in total. The molecule has 0 aliphatic heterocycles. The second-order valence-electron chi connectivity index (χ2n) is 7.72. The molecule has 0 unspecified atom stereocenters. The summed E-state index contributed by atoms with van der Waals surface area (Å²) in [5, 5.41) is 12.3. The van der Waals surface area contributed by atoms with Crippen molar-refractivity contribution in [2.45, 2.75) is 38.1 Å². The van der Waals surface area contributed by atoms with E-state index in [-0.39, 0.29) is 18.9 Å². The second kappa shape index (κ2) is 10.8. The summed E-state index contributed by atoms with van der Waals surface area (Å²) in [6, 6.07) is 15.7. The summed E-state index contributed by atoms with van der Waals surface area (Å²) in [5.41, 5.74) is 4.55. The average molecular weight is 440 g/mol. The van der Waals surface area contributed by atoms with E-state index in [1.807, 2.05) is 43.3 Å². The third kappa shape index (κ3) is 5.64. The molecule has 2 aromatic rings. The highest BCUT2D eigenvalue weighted by molar-refractivity contribution is 5.79. The van der Waals surface area contributed by atoms with Gasteiger partial charge in [0.15, 0.2) is 6.61 Å². The SMILES string of the molecule is CCC[C@H](CC(=O)N(C)OCC(=O)O)NC(=O)OCC1c2ccccc2-c2ccccc21. The number of benzene rings is 2. The lowest BCUT2D eigenvalue weighted by Crippen LogP contribution is -2.40. The number of hydrogen-bond acceptors (Lipinski definition) is 5. The van der Waals surface area contributed by atoms with E-state index < -0.39 is 30.6 Å². The molecule has 0 spiro atoms. The zero-order valence-electron chi connectivity index (χ0n) is 18.2. The van der Waals surface area contributed by atoms with Gasteiger partial charge in [-0.15, -0.1) is 0 Å². The van der Waals surface area contributed by atoms with Gasteiger partial charge < -0.3 is 15.2 Å². The molecular weight excluding hydrogens is 412 g/mol. The van der Waals surface area contributed by atoms with Crippen LogP contribution < -0.4 is 5.32 Å². The number of nitrogens with one attached hydrogen (secondary N) is 1. The molecule has 0 saturated carbocycles. The molecule has 1 atom stereocenters. The standard InChI is InChI=1S/C24H28N2O6/c1-3-8-16(13-22(27)26(2)32-15-23(28)29)25-24(30)31-14-21-19-11-6-4-9-17(19)18-10-5-7-12-20(18)21/h4-7,9-12,16,21H,3,8,13-15H2,1-2H3,(H,25,30)(H,28,29)/t16-/m1/s1. The number of carboxylic acid groups (broad SMARTS) is 1. The molecule has 1 aliphatic carbocycles. The third-order valence-electron chi connectivity index (χ3n) is 5.46. The maximum atomic E-state index is 12.5. The van der Waals surface area contributed by atoms with Gasteiger partial charge in [0.1, 0.15) is 6.61 Å². The molecule has 0 fully saturated rings. The number of nitrogens with zero attached hydrogens (tertiary/aromatic N) is 1. The number of ether oxygens (including phenoxy) is 1. The van der Waals surface area contributed by atoms with Crippen LogP contribution >= 0.6 is 0 Å². The van der Waals surface area contributed by atoms with Crippen LogP contribution in [0.4, 0.5) is 4.79 Å². The third-order valence-corrected chi connectivity index (χ3v) is 5.46. The Labute approximate surface area is 187 Å². The first kappa shape index (κ1) is 23.3. The lowest BCUT2D eigenvalue weighted by atomic mass is 9.98. The van der Waals surface area contributed by atoms with Crippen LogP contribution in [0.3, 0.4) is 0 Å². The van der Waals surface area contributed by atoms with E-state index in [9.17, 15) is 14.4 Å². The van der Waals surface area contributed by atoms with Crippen LogP contribution in [-0.2, 0) is 19.2 Å². The largest absolute Gasteiger partial charge is 0.479 e. The number of hydrogen-bond donors (Lipinski definition) is 2. The lowest BCUT2D eigenvalue weighted by Gasteiger charge is -2.22. The predicted molar refractivity (Wildman–Crippen MR) is 118 cm³/mol. The molecule has 0 heterocycles. The molecule has 0 bridgehead atoms. The molecule has 0 saturated heterocycles. The maximum Gasteiger partial charge on any atom is 0.407 e. The van der Waals surface area contributed by atoms with Gasteiger partial charge in [0.25, 0.3) is 0 Å². The van der Waals surface area contributed by atoms with E-state index in [0.29, 0.717) is 6.42 Å². The zero-order chi connectivity index (χ0) is 23.1. The fourth-order valence-corrected chi connectivity index (χ4v) is 3.94. The first-order valence-corrected chi connectivity index (χ1v) is 10.6. The molecule has 170 valence electrons. The second-order valence-corrected chi connectivity index (χ2v) is 7.72. The van der Waals surface area contributed by atoms with Gasteiger partial charge in [-0.25, -0.2) is 14.7 Å². The van der Waals surface area contributed by atoms with Crippen LogP contribution in [0.2, 0.25) is 0 Å². The van der Waals surface area contributed by atoms with Gasteiger partial charge in [-0.3, -0.25) is 9.63 Å². The van der Waals surface area contributed by atoms with E-state index in [1.165, 1.54) is 7.05 Å². The highest BCUT2D eigenvalue weighted by Crippen LogP contribution is 2.44. The van der Waals surface area contributed by atoms with Crippen molar-refractivity contribution >= 4 is 18.0 Å². The Bertz CT molecular complexity index is 931. The normalized spacial score (nSPS) is 13.1. The summed E-state index contributed by atoms with van der Waals surface area (Å²) in [7, 11) is 1.35. The van der Waals surface area contributed by atoms with Crippen LogP contribution in [0.15, 0.2) is 48.5 Å². The minimum atomic E-state index is -1.17. The smallest absolute Gasteiger partial charge is 0.407 e. The van der Waals surface area contributed by atoms with Crippen LogP contribution in [0, 0.1) is 0 Å². The highest BCUT2D eigenvalue weighted by Gasteiger charge is 2.29. The van der Waals surface area contributed by atoms with Crippen LogP contribution in [0.25, 0.3) is 11.1 Å². The molecule has 8 nitrogen and oxygen atoms in total. The van der Waals surface area contributed by atoms with Gasteiger partial charge in [-0.1, -0.05) is 61.9 Å². The van der Waals surface area contributed by atoms with Gasteiger partial charge >= 0.3 is 12.1 Å². The van der Waals surface area contributed by atoms with Crippen molar-refractivity contribution in [1.82, 2.24) is 10.4 Å². The van der Waals surface area contributed by atoms with Crippen molar-refractivity contribution < 1.29 is 29.1 Å². The molecule has 2 amide bonds. The number of aliphatic carboxylic acids is 1. The number of carbonyl (C=O) groups excluding carboxylic acids is 2. The van der Waals surface area contributed by atoms with E-state index in [4.69, 9.17) is 14.7 Å². The number of amides is 2. The molecule has 1 aliphatic rings. The molecule has 8 heteroatoms. The highest BCUT2D eigenvalue weighted by atomic mass is 16.7. The number of carbonyl (C=O) groups is 3. The Balaban J connectivity index is 1.58.